The number of nitrogens with one attached hydrogen (secondary N) is 1. The van der Waals surface area contributed by atoms with E-state index in [1.807, 2.05) is 0 Å². The van der Waals surface area contributed by atoms with Crippen LogP contribution in [0.3, 0.4) is 0 Å². The first-order valence-electron chi connectivity index (χ1n) is 3.41. The number of alkyl halides is 1. The molecule has 0 aliphatic heterocycles. The summed E-state index contributed by atoms with van der Waals surface area (Å²) in [7, 11) is 1.80. The Balaban J connectivity index is 2.96. The molecular weight excluding hydrogens is 244 g/mol. The minimum absolute atomic E-state index is 0.00981. The van der Waals surface area contributed by atoms with Gasteiger partial charge in [0.25, 0.3) is 0 Å². The van der Waals surface area contributed by atoms with Gasteiger partial charge in [-0.15, -0.1) is 0 Å². The van der Waals surface area contributed by atoms with Crippen molar-refractivity contribution in [1.82, 2.24) is 5.32 Å². The molecule has 1 unspecified atom stereocenters. The minimum atomic E-state index is -0.392. The average molecular weight is 253 g/mol. The lowest BCUT2D eigenvalue weighted by Gasteiger charge is -2.08. The normalized spacial score (nSPS) is 13.0. The molecule has 0 fully saturated rings. The molecule has 0 spiro atoms. The maximum atomic E-state index is 12.7. The van der Waals surface area contributed by atoms with E-state index in [9.17, 15) is 4.39 Å². The Kier molecular flexibility index (Phi) is 3.50. The van der Waals surface area contributed by atoms with Gasteiger partial charge in [0.15, 0.2) is 0 Å². The number of benzene rings is 1. The molecule has 0 aliphatic rings. The molecule has 4 heteroatoms. The van der Waals surface area contributed by atoms with Gasteiger partial charge in [0, 0.05) is 0 Å². The van der Waals surface area contributed by atoms with E-state index in [1.165, 1.54) is 6.07 Å². The molecular formula is C8H8BrClFN. The van der Waals surface area contributed by atoms with Crippen LogP contribution in [0.4, 0.5) is 4.39 Å². The van der Waals surface area contributed by atoms with E-state index in [1.54, 1.807) is 19.2 Å². The van der Waals surface area contributed by atoms with Crippen molar-refractivity contribution >= 4 is 27.5 Å². The largest absolute Gasteiger partial charge is 0.304 e. The van der Waals surface area contributed by atoms with Gasteiger partial charge in [-0.1, -0.05) is 33.6 Å². The fourth-order valence-corrected chi connectivity index (χ4v) is 1.31. The van der Waals surface area contributed by atoms with Crippen molar-refractivity contribution in [2.24, 2.45) is 0 Å². The van der Waals surface area contributed by atoms with Gasteiger partial charge in [-0.25, -0.2) is 4.39 Å². The Morgan fingerprint density at radius 1 is 1.58 bits per heavy atom. The lowest BCUT2D eigenvalue weighted by Crippen LogP contribution is -2.09. The third-order valence-electron chi connectivity index (χ3n) is 1.49. The van der Waals surface area contributed by atoms with Crippen molar-refractivity contribution in [3.63, 3.8) is 0 Å². The zero-order chi connectivity index (χ0) is 9.14. The van der Waals surface area contributed by atoms with Crippen molar-refractivity contribution in [3.05, 3.63) is 34.6 Å². The van der Waals surface area contributed by atoms with Gasteiger partial charge in [0.05, 0.1) is 9.97 Å². The quantitative estimate of drug-likeness (QED) is 0.630. The first-order valence-corrected chi connectivity index (χ1v) is 4.71. The summed E-state index contributed by atoms with van der Waals surface area (Å²) in [5.41, 5.74) is 0.906. The van der Waals surface area contributed by atoms with Crippen LogP contribution in [0, 0.1) is 5.82 Å². The van der Waals surface area contributed by atoms with Crippen LogP contribution in [-0.2, 0) is 0 Å². The van der Waals surface area contributed by atoms with Crippen LogP contribution in [0.5, 0.6) is 0 Å². The van der Waals surface area contributed by atoms with Crippen molar-refractivity contribution in [2.75, 3.05) is 7.05 Å². The Hall–Kier alpha value is -0.120. The maximum Gasteiger partial charge on any atom is 0.141 e. The first-order chi connectivity index (χ1) is 5.65. The predicted molar refractivity (Wildman–Crippen MR) is 52.1 cm³/mol. The molecule has 0 heterocycles. The van der Waals surface area contributed by atoms with Crippen LogP contribution in [0.15, 0.2) is 18.2 Å². The number of rotatable bonds is 2. The smallest absolute Gasteiger partial charge is 0.141 e. The lowest BCUT2D eigenvalue weighted by molar-refractivity contribution is 0.626. The highest BCUT2D eigenvalue weighted by molar-refractivity contribution is 9.09. The third kappa shape index (κ3) is 2.19. The summed E-state index contributed by atoms with van der Waals surface area (Å²) in [5, 5.41) is 3.11. The molecule has 0 bridgehead atoms. The SMILES string of the molecule is CNC(Br)c1ccc(F)c(Cl)c1. The monoisotopic (exact) mass is 251 g/mol. The summed E-state index contributed by atoms with van der Waals surface area (Å²) < 4.78 is 12.7. The molecule has 1 N–H and O–H groups in total. The molecule has 0 amide bonds. The fraction of sp³-hybridized carbons (Fsp3) is 0.250. The summed E-state index contributed by atoms with van der Waals surface area (Å²) in [6.07, 6.45) is 0. The second-order valence-corrected chi connectivity index (χ2v) is 3.65. The van der Waals surface area contributed by atoms with Crippen LogP contribution < -0.4 is 5.32 Å². The van der Waals surface area contributed by atoms with Gasteiger partial charge in [0.2, 0.25) is 0 Å². The van der Waals surface area contributed by atoms with E-state index in [4.69, 9.17) is 11.6 Å². The van der Waals surface area contributed by atoms with Crippen LogP contribution in [0.25, 0.3) is 0 Å². The highest BCUT2D eigenvalue weighted by Crippen LogP contribution is 2.23. The minimum Gasteiger partial charge on any atom is -0.304 e. The summed E-state index contributed by atoms with van der Waals surface area (Å²) in [4.78, 5) is 0.00981. The van der Waals surface area contributed by atoms with E-state index >= 15 is 0 Å². The Morgan fingerprint density at radius 3 is 2.75 bits per heavy atom. The zero-order valence-electron chi connectivity index (χ0n) is 6.44. The Labute approximate surface area is 84.0 Å². The van der Waals surface area contributed by atoms with Crippen LogP contribution in [0.1, 0.15) is 10.5 Å². The second kappa shape index (κ2) is 4.21. The number of hydrogen-bond donors (Lipinski definition) is 1. The molecule has 0 saturated carbocycles. The summed E-state index contributed by atoms with van der Waals surface area (Å²) in [5.74, 6) is -0.392. The van der Waals surface area contributed by atoms with Crippen molar-refractivity contribution in [3.8, 4) is 0 Å². The maximum absolute atomic E-state index is 12.7. The molecule has 0 aromatic heterocycles. The first kappa shape index (κ1) is 9.96. The van der Waals surface area contributed by atoms with Gasteiger partial charge in [0.1, 0.15) is 5.82 Å². The van der Waals surface area contributed by atoms with Gasteiger partial charge >= 0.3 is 0 Å². The molecule has 66 valence electrons. The van der Waals surface area contributed by atoms with Crippen molar-refractivity contribution in [2.45, 2.75) is 4.95 Å². The molecule has 1 aromatic carbocycles. The summed E-state index contributed by atoms with van der Waals surface area (Å²) in [6, 6.07) is 4.62. The fourth-order valence-electron chi connectivity index (χ4n) is 0.837. The summed E-state index contributed by atoms with van der Waals surface area (Å²) in [6.45, 7) is 0. The summed E-state index contributed by atoms with van der Waals surface area (Å²) >= 11 is 8.94. The van der Waals surface area contributed by atoms with Crippen LogP contribution in [0.2, 0.25) is 5.02 Å². The molecule has 0 aliphatic carbocycles. The van der Waals surface area contributed by atoms with E-state index in [-0.39, 0.29) is 9.97 Å². The average Bonchev–Trinajstić information content (AvgIpc) is 2.08. The van der Waals surface area contributed by atoms with E-state index in [2.05, 4.69) is 21.2 Å². The molecule has 1 nitrogen and oxygen atoms in total. The third-order valence-corrected chi connectivity index (χ3v) is 2.77. The van der Waals surface area contributed by atoms with Crippen molar-refractivity contribution < 1.29 is 4.39 Å². The highest BCUT2D eigenvalue weighted by atomic mass is 79.9. The van der Waals surface area contributed by atoms with E-state index in [0.29, 0.717) is 0 Å². The molecule has 0 radical (unpaired) electrons. The number of hydrogen-bond acceptors (Lipinski definition) is 1. The molecule has 1 rings (SSSR count). The second-order valence-electron chi connectivity index (χ2n) is 2.32. The molecule has 1 aromatic rings. The standard InChI is InChI=1S/C8H8BrClFN/c1-12-8(9)5-2-3-7(11)6(10)4-5/h2-4,8,12H,1H3. The van der Waals surface area contributed by atoms with Crippen LogP contribution >= 0.6 is 27.5 Å². The molecule has 1 atom stereocenters. The van der Waals surface area contributed by atoms with Crippen LogP contribution in [-0.4, -0.2) is 7.05 Å². The zero-order valence-corrected chi connectivity index (χ0v) is 8.79. The highest BCUT2D eigenvalue weighted by Gasteiger charge is 2.06. The Bertz CT molecular complexity index is 280. The van der Waals surface area contributed by atoms with Crippen molar-refractivity contribution in [1.29, 1.82) is 0 Å². The Morgan fingerprint density at radius 2 is 2.25 bits per heavy atom. The van der Waals surface area contributed by atoms with Gasteiger partial charge in [-0.05, 0) is 24.7 Å². The van der Waals surface area contributed by atoms with Gasteiger partial charge in [-0.2, -0.15) is 0 Å². The van der Waals surface area contributed by atoms with Gasteiger partial charge < -0.3 is 5.32 Å². The lowest BCUT2D eigenvalue weighted by atomic mass is 10.2. The van der Waals surface area contributed by atoms with E-state index < -0.39 is 5.82 Å². The molecule has 0 saturated heterocycles. The van der Waals surface area contributed by atoms with E-state index in [0.717, 1.165) is 5.56 Å². The predicted octanol–water partition coefficient (Wildman–Crippen LogP) is 3.09. The molecule has 12 heavy (non-hydrogen) atoms. The topological polar surface area (TPSA) is 12.0 Å². The van der Waals surface area contributed by atoms with Gasteiger partial charge in [-0.3, -0.25) is 0 Å². The number of halogens is 3.